The van der Waals surface area contributed by atoms with Crippen LogP contribution in [0.1, 0.15) is 23.3 Å². The standard InChI is InChI=1S/C17H18N2O5/c20-15(21)10-19(13-6-8-23-9-7-13)17(22)14-11-24-16(18-14)12-4-2-1-3-5-12/h1-5,11,13H,6-10H2,(H,20,21). The monoisotopic (exact) mass is 330 g/mol. The molecule has 24 heavy (non-hydrogen) atoms. The maximum atomic E-state index is 12.7. The van der Waals surface area contributed by atoms with Gasteiger partial charge in [-0.2, -0.15) is 0 Å². The second-order valence-electron chi connectivity index (χ2n) is 5.57. The van der Waals surface area contributed by atoms with Crippen LogP contribution in [-0.4, -0.2) is 52.7 Å². The van der Waals surface area contributed by atoms with E-state index < -0.39 is 11.9 Å². The number of aromatic nitrogens is 1. The number of aliphatic carboxylic acids is 1. The summed E-state index contributed by atoms with van der Waals surface area (Å²) in [6, 6.07) is 9.05. The average molecular weight is 330 g/mol. The molecule has 2 heterocycles. The number of carboxylic acids is 1. The van der Waals surface area contributed by atoms with Crippen LogP contribution in [-0.2, 0) is 9.53 Å². The van der Waals surface area contributed by atoms with E-state index in [-0.39, 0.29) is 18.3 Å². The lowest BCUT2D eigenvalue weighted by molar-refractivity contribution is -0.138. The summed E-state index contributed by atoms with van der Waals surface area (Å²) < 4.78 is 10.7. The van der Waals surface area contributed by atoms with Gasteiger partial charge in [-0.3, -0.25) is 9.59 Å². The summed E-state index contributed by atoms with van der Waals surface area (Å²) in [6.45, 7) is 0.668. The number of oxazole rings is 1. The number of hydrogen-bond donors (Lipinski definition) is 1. The molecule has 3 rings (SSSR count). The van der Waals surface area contributed by atoms with E-state index in [2.05, 4.69) is 4.98 Å². The van der Waals surface area contributed by atoms with Crippen molar-refractivity contribution in [3.05, 3.63) is 42.3 Å². The molecule has 7 heteroatoms. The molecule has 0 unspecified atom stereocenters. The fourth-order valence-corrected chi connectivity index (χ4v) is 2.74. The first-order valence-corrected chi connectivity index (χ1v) is 7.76. The van der Waals surface area contributed by atoms with E-state index >= 15 is 0 Å². The zero-order valence-corrected chi connectivity index (χ0v) is 13.1. The van der Waals surface area contributed by atoms with Gasteiger partial charge in [0.05, 0.1) is 0 Å². The fourth-order valence-electron chi connectivity index (χ4n) is 2.74. The van der Waals surface area contributed by atoms with E-state index in [4.69, 9.17) is 14.3 Å². The maximum Gasteiger partial charge on any atom is 0.323 e. The van der Waals surface area contributed by atoms with Crippen LogP contribution in [0.4, 0.5) is 0 Å². The molecule has 1 aromatic heterocycles. The summed E-state index contributed by atoms with van der Waals surface area (Å²) in [5, 5.41) is 9.12. The third-order valence-corrected chi connectivity index (χ3v) is 3.94. The molecule has 0 radical (unpaired) electrons. The largest absolute Gasteiger partial charge is 0.480 e. The fraction of sp³-hybridized carbons (Fsp3) is 0.353. The summed E-state index contributed by atoms with van der Waals surface area (Å²) in [7, 11) is 0. The van der Waals surface area contributed by atoms with Crippen molar-refractivity contribution in [2.45, 2.75) is 18.9 Å². The zero-order valence-electron chi connectivity index (χ0n) is 13.1. The number of benzene rings is 1. The molecule has 1 aliphatic heterocycles. The summed E-state index contributed by atoms with van der Waals surface area (Å²) in [6.07, 6.45) is 2.50. The number of carbonyl (C=O) groups is 2. The first-order chi connectivity index (χ1) is 11.6. The number of hydrogen-bond acceptors (Lipinski definition) is 5. The lowest BCUT2D eigenvalue weighted by atomic mass is 10.1. The van der Waals surface area contributed by atoms with Crippen molar-refractivity contribution in [1.29, 1.82) is 0 Å². The van der Waals surface area contributed by atoms with E-state index in [0.717, 1.165) is 5.56 Å². The lowest BCUT2D eigenvalue weighted by Crippen LogP contribution is -2.46. The van der Waals surface area contributed by atoms with Gasteiger partial charge in [-0.25, -0.2) is 4.98 Å². The van der Waals surface area contributed by atoms with Crippen LogP contribution in [0, 0.1) is 0 Å². The molecule has 2 aromatic rings. The van der Waals surface area contributed by atoms with Gasteiger partial charge in [0, 0.05) is 24.8 Å². The molecule has 0 spiro atoms. The summed E-state index contributed by atoms with van der Waals surface area (Å²) in [5.74, 6) is -1.15. The van der Waals surface area contributed by atoms with Crippen molar-refractivity contribution in [3.63, 3.8) is 0 Å². The van der Waals surface area contributed by atoms with Gasteiger partial charge in [0.1, 0.15) is 12.8 Å². The van der Waals surface area contributed by atoms with Gasteiger partial charge in [0.15, 0.2) is 5.69 Å². The average Bonchev–Trinajstić information content (AvgIpc) is 3.10. The first kappa shape index (κ1) is 16.2. The normalized spacial score (nSPS) is 15.2. The molecule has 0 bridgehead atoms. The number of amides is 1. The van der Waals surface area contributed by atoms with Crippen LogP contribution < -0.4 is 0 Å². The van der Waals surface area contributed by atoms with Crippen molar-refractivity contribution in [2.24, 2.45) is 0 Å². The van der Waals surface area contributed by atoms with E-state index in [1.54, 1.807) is 0 Å². The lowest BCUT2D eigenvalue weighted by Gasteiger charge is -2.32. The van der Waals surface area contributed by atoms with Gasteiger partial charge in [-0.05, 0) is 25.0 Å². The molecule has 1 aliphatic rings. The predicted molar refractivity (Wildman–Crippen MR) is 84.5 cm³/mol. The summed E-state index contributed by atoms with van der Waals surface area (Å²) >= 11 is 0. The molecular weight excluding hydrogens is 312 g/mol. The maximum absolute atomic E-state index is 12.7. The third-order valence-electron chi connectivity index (χ3n) is 3.94. The van der Waals surface area contributed by atoms with Crippen LogP contribution in [0.2, 0.25) is 0 Å². The van der Waals surface area contributed by atoms with E-state index in [9.17, 15) is 9.59 Å². The molecule has 1 N–H and O–H groups in total. The highest BCUT2D eigenvalue weighted by Crippen LogP contribution is 2.21. The second kappa shape index (κ2) is 7.27. The van der Waals surface area contributed by atoms with Gasteiger partial charge < -0.3 is 19.2 Å². The number of ether oxygens (including phenoxy) is 1. The van der Waals surface area contributed by atoms with Gasteiger partial charge in [-0.1, -0.05) is 18.2 Å². The molecule has 0 saturated carbocycles. The second-order valence-corrected chi connectivity index (χ2v) is 5.57. The number of rotatable bonds is 5. The molecule has 1 aromatic carbocycles. The molecular formula is C17H18N2O5. The van der Waals surface area contributed by atoms with Crippen molar-refractivity contribution in [1.82, 2.24) is 9.88 Å². The molecule has 1 fully saturated rings. The molecule has 0 atom stereocenters. The minimum absolute atomic E-state index is 0.113. The van der Waals surface area contributed by atoms with E-state index in [1.807, 2.05) is 30.3 Å². The Morgan fingerprint density at radius 2 is 1.92 bits per heavy atom. The highest BCUT2D eigenvalue weighted by atomic mass is 16.5. The molecule has 0 aliphatic carbocycles. The van der Waals surface area contributed by atoms with Crippen LogP contribution in [0.3, 0.4) is 0 Å². The van der Waals surface area contributed by atoms with Gasteiger partial charge in [0.25, 0.3) is 5.91 Å². The Bertz CT molecular complexity index is 707. The molecule has 1 amide bonds. The number of carbonyl (C=O) groups excluding carboxylic acids is 1. The molecule has 1 saturated heterocycles. The minimum Gasteiger partial charge on any atom is -0.480 e. The third kappa shape index (κ3) is 3.62. The zero-order chi connectivity index (χ0) is 16.9. The molecule has 7 nitrogen and oxygen atoms in total. The minimum atomic E-state index is -1.05. The Balaban J connectivity index is 1.81. The summed E-state index contributed by atoms with van der Waals surface area (Å²) in [4.78, 5) is 29.4. The topological polar surface area (TPSA) is 92.9 Å². The van der Waals surface area contributed by atoms with Crippen LogP contribution >= 0.6 is 0 Å². The van der Waals surface area contributed by atoms with Crippen molar-refractivity contribution < 1.29 is 23.8 Å². The Hall–Kier alpha value is -2.67. The van der Waals surface area contributed by atoms with Gasteiger partial charge in [0.2, 0.25) is 5.89 Å². The Morgan fingerprint density at radius 1 is 1.21 bits per heavy atom. The first-order valence-electron chi connectivity index (χ1n) is 7.76. The van der Waals surface area contributed by atoms with E-state index in [0.29, 0.717) is 31.9 Å². The smallest absolute Gasteiger partial charge is 0.323 e. The van der Waals surface area contributed by atoms with E-state index in [1.165, 1.54) is 11.2 Å². The Kier molecular flexibility index (Phi) is 4.90. The van der Waals surface area contributed by atoms with Crippen molar-refractivity contribution in [3.8, 4) is 11.5 Å². The Labute approximate surface area is 138 Å². The SMILES string of the molecule is O=C(O)CN(C(=O)c1coc(-c2ccccc2)n1)C1CCOCC1. The Morgan fingerprint density at radius 3 is 2.58 bits per heavy atom. The predicted octanol–water partition coefficient (Wildman–Crippen LogP) is 2.05. The van der Waals surface area contributed by atoms with Crippen LogP contribution in [0.5, 0.6) is 0 Å². The number of nitrogens with zero attached hydrogens (tertiary/aromatic N) is 2. The van der Waals surface area contributed by atoms with Gasteiger partial charge in [-0.15, -0.1) is 0 Å². The summed E-state index contributed by atoms with van der Waals surface area (Å²) in [5.41, 5.74) is 0.869. The van der Waals surface area contributed by atoms with Gasteiger partial charge >= 0.3 is 5.97 Å². The highest BCUT2D eigenvalue weighted by molar-refractivity contribution is 5.94. The highest BCUT2D eigenvalue weighted by Gasteiger charge is 2.30. The number of carboxylic acid groups (broad SMARTS) is 1. The van der Waals surface area contributed by atoms with Crippen molar-refractivity contribution in [2.75, 3.05) is 19.8 Å². The van der Waals surface area contributed by atoms with Crippen LogP contribution in [0.25, 0.3) is 11.5 Å². The molecule has 126 valence electrons. The van der Waals surface area contributed by atoms with Crippen molar-refractivity contribution >= 4 is 11.9 Å². The quantitative estimate of drug-likeness (QED) is 0.902. The van der Waals surface area contributed by atoms with Crippen LogP contribution in [0.15, 0.2) is 41.0 Å².